The highest BCUT2D eigenvalue weighted by Crippen LogP contribution is 2.31. The van der Waals surface area contributed by atoms with Crippen molar-refractivity contribution in [2.45, 2.75) is 51.0 Å². The van der Waals surface area contributed by atoms with Crippen LogP contribution in [0.25, 0.3) is 16.7 Å². The topological polar surface area (TPSA) is 83.3 Å². The molecule has 162 valence electrons. The molecule has 0 radical (unpaired) electrons. The molecular weight excluding hydrogens is 414 g/mol. The van der Waals surface area contributed by atoms with Crippen LogP contribution >= 0.6 is 11.8 Å². The van der Waals surface area contributed by atoms with Crippen LogP contribution in [-0.4, -0.2) is 38.5 Å². The van der Waals surface area contributed by atoms with Gasteiger partial charge in [0.05, 0.1) is 41.3 Å². The van der Waals surface area contributed by atoms with Crippen molar-refractivity contribution in [2.24, 2.45) is 0 Å². The Labute approximate surface area is 184 Å². The van der Waals surface area contributed by atoms with Crippen LogP contribution in [0.5, 0.6) is 0 Å². The molecule has 1 atom stereocenters. The molecule has 0 amide bonds. The maximum Gasteiger partial charge on any atom is 0.316 e. The number of pyridine rings is 1. The number of esters is 1. The quantitative estimate of drug-likeness (QED) is 0.329. The second kappa shape index (κ2) is 8.80. The van der Waals surface area contributed by atoms with Gasteiger partial charge in [-0.15, -0.1) is 0 Å². The molecule has 8 heteroatoms. The van der Waals surface area contributed by atoms with Crippen LogP contribution in [0.15, 0.2) is 46.3 Å². The number of ether oxygens (including phenoxy) is 2. The number of fused-ring (bicyclic) bond motifs is 2. The summed E-state index contributed by atoms with van der Waals surface area (Å²) in [6, 6.07) is 11.1. The highest BCUT2D eigenvalue weighted by atomic mass is 32.2. The summed E-state index contributed by atoms with van der Waals surface area (Å²) in [6.45, 7) is 6.66. The number of carbonyl (C=O) groups is 1. The minimum absolute atomic E-state index is 0.0608. The van der Waals surface area contributed by atoms with E-state index in [4.69, 9.17) is 19.4 Å². The van der Waals surface area contributed by atoms with Crippen LogP contribution in [-0.2, 0) is 27.3 Å². The summed E-state index contributed by atoms with van der Waals surface area (Å²) in [4.78, 5) is 34.9. The van der Waals surface area contributed by atoms with E-state index in [1.165, 1.54) is 16.3 Å². The fourth-order valence-electron chi connectivity index (χ4n) is 3.56. The van der Waals surface area contributed by atoms with E-state index in [0.29, 0.717) is 41.5 Å². The summed E-state index contributed by atoms with van der Waals surface area (Å²) in [7, 11) is 0. The Bertz CT molecular complexity index is 1180. The summed E-state index contributed by atoms with van der Waals surface area (Å²) < 4.78 is 12.6. The van der Waals surface area contributed by atoms with Gasteiger partial charge in [-0.25, -0.2) is 9.97 Å². The van der Waals surface area contributed by atoms with Gasteiger partial charge >= 0.3 is 5.97 Å². The summed E-state index contributed by atoms with van der Waals surface area (Å²) in [5.41, 5.74) is 2.41. The zero-order valence-electron chi connectivity index (χ0n) is 17.9. The van der Waals surface area contributed by atoms with Gasteiger partial charge in [0, 0.05) is 12.0 Å². The minimum atomic E-state index is -0.351. The van der Waals surface area contributed by atoms with Gasteiger partial charge in [-0.3, -0.25) is 14.2 Å². The number of hydrogen-bond acceptors (Lipinski definition) is 7. The van der Waals surface area contributed by atoms with E-state index < -0.39 is 0 Å². The van der Waals surface area contributed by atoms with E-state index >= 15 is 0 Å². The molecule has 0 unspecified atom stereocenters. The first-order valence-electron chi connectivity index (χ1n) is 10.4. The second-order valence-electron chi connectivity index (χ2n) is 7.70. The van der Waals surface area contributed by atoms with Crippen LogP contribution < -0.4 is 5.56 Å². The van der Waals surface area contributed by atoms with Crippen LogP contribution in [0.2, 0.25) is 0 Å². The Kier molecular flexibility index (Phi) is 6.11. The molecule has 31 heavy (non-hydrogen) atoms. The van der Waals surface area contributed by atoms with Crippen molar-refractivity contribution in [3.63, 3.8) is 0 Å². The number of hydrogen-bond donors (Lipinski definition) is 0. The molecule has 0 N–H and O–H groups in total. The van der Waals surface area contributed by atoms with Gasteiger partial charge in [0.2, 0.25) is 0 Å². The standard InChI is InChI=1S/C23H25N3O4S/c1-4-23(3)12-18-15(13-30-23)11-17-20(24-18)25-22(31-14-19(27)29-5-2)26(21(17)28)16-9-7-6-8-10-16/h6-11H,4-5,12-14H2,1-3H3/t23-/m0/s1. The first kappa shape index (κ1) is 21.5. The Balaban J connectivity index is 1.85. The molecule has 1 aliphatic rings. The first-order valence-corrected chi connectivity index (χ1v) is 11.4. The third kappa shape index (κ3) is 4.36. The number of aromatic nitrogens is 3. The van der Waals surface area contributed by atoms with Crippen molar-refractivity contribution in [1.29, 1.82) is 0 Å². The monoisotopic (exact) mass is 439 g/mol. The van der Waals surface area contributed by atoms with Crippen LogP contribution in [0.1, 0.15) is 38.4 Å². The van der Waals surface area contributed by atoms with Crippen LogP contribution in [0.3, 0.4) is 0 Å². The lowest BCUT2D eigenvalue weighted by Crippen LogP contribution is -2.35. The van der Waals surface area contributed by atoms with E-state index in [-0.39, 0.29) is 22.9 Å². The predicted molar refractivity (Wildman–Crippen MR) is 120 cm³/mol. The number of benzene rings is 1. The van der Waals surface area contributed by atoms with Gasteiger partial charge in [0.15, 0.2) is 10.8 Å². The van der Waals surface area contributed by atoms with Crippen molar-refractivity contribution < 1.29 is 14.3 Å². The Morgan fingerprint density at radius 3 is 2.74 bits per heavy atom. The molecule has 3 heterocycles. The van der Waals surface area contributed by atoms with E-state index in [9.17, 15) is 9.59 Å². The molecule has 3 aromatic rings. The maximum absolute atomic E-state index is 13.5. The van der Waals surface area contributed by atoms with E-state index in [2.05, 4.69) is 13.8 Å². The lowest BCUT2D eigenvalue weighted by molar-refractivity contribution is -0.139. The van der Waals surface area contributed by atoms with Gasteiger partial charge in [-0.05, 0) is 38.5 Å². The summed E-state index contributed by atoms with van der Waals surface area (Å²) in [6.07, 6.45) is 1.54. The molecule has 0 fully saturated rings. The lowest BCUT2D eigenvalue weighted by Gasteiger charge is -2.33. The normalized spacial score (nSPS) is 18.0. The van der Waals surface area contributed by atoms with Gasteiger partial charge in [0.1, 0.15) is 0 Å². The lowest BCUT2D eigenvalue weighted by atomic mass is 9.91. The van der Waals surface area contributed by atoms with Gasteiger partial charge in [-0.1, -0.05) is 36.9 Å². The van der Waals surface area contributed by atoms with Crippen LogP contribution in [0, 0.1) is 0 Å². The minimum Gasteiger partial charge on any atom is -0.465 e. The number of carbonyl (C=O) groups excluding carboxylic acids is 1. The van der Waals surface area contributed by atoms with Crippen LogP contribution in [0.4, 0.5) is 0 Å². The van der Waals surface area contributed by atoms with E-state index in [1.54, 1.807) is 6.92 Å². The molecule has 0 saturated carbocycles. The SMILES string of the molecule is CCOC(=O)CSc1nc2nc3c(cc2c(=O)n1-c1ccccc1)CO[C@@](C)(CC)C3. The molecule has 4 rings (SSSR count). The van der Waals surface area contributed by atoms with Crippen molar-refractivity contribution >= 4 is 28.8 Å². The molecule has 0 spiro atoms. The molecule has 2 aromatic heterocycles. The molecule has 0 aliphatic carbocycles. The highest BCUT2D eigenvalue weighted by Gasteiger charge is 2.31. The molecular formula is C23H25N3O4S. The average Bonchev–Trinajstić information content (AvgIpc) is 2.77. The molecule has 0 bridgehead atoms. The van der Waals surface area contributed by atoms with E-state index in [1.807, 2.05) is 36.4 Å². The number of para-hydroxylation sites is 1. The van der Waals surface area contributed by atoms with Crippen molar-refractivity contribution in [3.05, 3.63) is 58.0 Å². The molecule has 1 aromatic carbocycles. The smallest absolute Gasteiger partial charge is 0.316 e. The first-order chi connectivity index (χ1) is 14.9. The third-order valence-corrected chi connectivity index (χ3v) is 6.41. The van der Waals surface area contributed by atoms with Gasteiger partial charge in [0.25, 0.3) is 5.56 Å². The summed E-state index contributed by atoms with van der Waals surface area (Å²) >= 11 is 1.17. The number of rotatable bonds is 6. The number of thioether (sulfide) groups is 1. The Hall–Kier alpha value is -2.71. The second-order valence-corrected chi connectivity index (χ2v) is 8.64. The summed E-state index contributed by atoms with van der Waals surface area (Å²) in [5.74, 6) is -0.290. The fourth-order valence-corrected chi connectivity index (χ4v) is 4.36. The third-order valence-electron chi connectivity index (χ3n) is 5.50. The maximum atomic E-state index is 13.5. The van der Waals surface area contributed by atoms with E-state index in [0.717, 1.165) is 17.7 Å². The average molecular weight is 440 g/mol. The van der Waals surface area contributed by atoms with Crippen molar-refractivity contribution in [2.75, 3.05) is 12.4 Å². The zero-order chi connectivity index (χ0) is 22.0. The predicted octanol–water partition coefficient (Wildman–Crippen LogP) is 3.68. The summed E-state index contributed by atoms with van der Waals surface area (Å²) in [5, 5.41) is 0.848. The fraction of sp³-hybridized carbons (Fsp3) is 0.391. The van der Waals surface area contributed by atoms with Gasteiger partial charge in [-0.2, -0.15) is 0 Å². The number of nitrogens with zero attached hydrogens (tertiary/aromatic N) is 3. The zero-order valence-corrected chi connectivity index (χ0v) is 18.7. The Morgan fingerprint density at radius 1 is 1.26 bits per heavy atom. The molecule has 7 nitrogen and oxygen atoms in total. The molecule has 0 saturated heterocycles. The van der Waals surface area contributed by atoms with Crippen molar-refractivity contribution in [3.8, 4) is 5.69 Å². The largest absolute Gasteiger partial charge is 0.465 e. The molecule has 1 aliphatic heterocycles. The highest BCUT2D eigenvalue weighted by molar-refractivity contribution is 7.99. The Morgan fingerprint density at radius 2 is 2.03 bits per heavy atom. The van der Waals surface area contributed by atoms with Gasteiger partial charge < -0.3 is 9.47 Å². The van der Waals surface area contributed by atoms with Crippen molar-refractivity contribution in [1.82, 2.24) is 14.5 Å².